The van der Waals surface area contributed by atoms with E-state index in [0.29, 0.717) is 15.7 Å². The van der Waals surface area contributed by atoms with Gasteiger partial charge in [-0.25, -0.2) is 4.98 Å². The predicted molar refractivity (Wildman–Crippen MR) is 124 cm³/mol. The van der Waals surface area contributed by atoms with Gasteiger partial charge >= 0.3 is 0 Å². The van der Waals surface area contributed by atoms with Crippen LogP contribution in [0, 0.1) is 0 Å². The molecule has 1 aliphatic rings. The van der Waals surface area contributed by atoms with Crippen molar-refractivity contribution in [1.82, 2.24) is 25.5 Å². The summed E-state index contributed by atoms with van der Waals surface area (Å²) < 4.78 is 0. The largest absolute Gasteiger partial charge is 0.351 e. The van der Waals surface area contributed by atoms with E-state index in [9.17, 15) is 9.59 Å². The van der Waals surface area contributed by atoms with Crippen molar-refractivity contribution < 1.29 is 9.59 Å². The normalized spacial score (nSPS) is 19.0. The van der Waals surface area contributed by atoms with Gasteiger partial charge in [-0.2, -0.15) is 0 Å². The second kappa shape index (κ2) is 9.38. The van der Waals surface area contributed by atoms with Crippen LogP contribution in [0.1, 0.15) is 50.9 Å². The van der Waals surface area contributed by atoms with Crippen molar-refractivity contribution in [1.29, 1.82) is 0 Å². The van der Waals surface area contributed by atoms with Crippen LogP contribution in [0.25, 0.3) is 10.9 Å². The highest BCUT2D eigenvalue weighted by atomic mass is 35.5. The number of aromatic amines is 1. The van der Waals surface area contributed by atoms with Crippen LogP contribution in [-0.4, -0.2) is 52.9 Å². The summed E-state index contributed by atoms with van der Waals surface area (Å²) in [6, 6.07) is 7.03. The van der Waals surface area contributed by atoms with Crippen LogP contribution in [0.2, 0.25) is 5.02 Å². The number of rotatable bonds is 6. The number of nitrogens with zero attached hydrogens (tertiary/aromatic N) is 2. The molecule has 3 aromatic rings. The van der Waals surface area contributed by atoms with Gasteiger partial charge in [-0.1, -0.05) is 24.4 Å². The summed E-state index contributed by atoms with van der Waals surface area (Å²) in [6.07, 6.45) is 5.44. The molecule has 2 atom stereocenters. The molecule has 0 unspecified atom stereocenters. The Morgan fingerprint density at radius 1 is 1.16 bits per heavy atom. The average Bonchev–Trinajstić information content (AvgIpc) is 3.35. The summed E-state index contributed by atoms with van der Waals surface area (Å²) in [5, 5.41) is 8.18. The zero-order valence-corrected chi connectivity index (χ0v) is 19.1. The molecule has 1 fully saturated rings. The van der Waals surface area contributed by atoms with Gasteiger partial charge in [0.15, 0.2) is 5.01 Å². The molecule has 4 rings (SSSR count). The number of carbonyl (C=O) groups is 2. The Morgan fingerprint density at radius 2 is 1.87 bits per heavy atom. The van der Waals surface area contributed by atoms with Crippen molar-refractivity contribution in [3.05, 3.63) is 51.1 Å². The van der Waals surface area contributed by atoms with E-state index in [-0.39, 0.29) is 23.9 Å². The molecule has 3 N–H and O–H groups in total. The summed E-state index contributed by atoms with van der Waals surface area (Å²) >= 11 is 7.45. The number of aromatic nitrogens is 2. The predicted octanol–water partition coefficient (Wildman–Crippen LogP) is 3.81. The minimum Gasteiger partial charge on any atom is -0.351 e. The molecule has 31 heavy (non-hydrogen) atoms. The second-order valence-corrected chi connectivity index (χ2v) is 9.78. The van der Waals surface area contributed by atoms with Gasteiger partial charge in [0.2, 0.25) is 0 Å². The fourth-order valence-electron chi connectivity index (χ4n) is 3.98. The highest BCUT2D eigenvalue weighted by molar-refractivity contribution is 7.13. The summed E-state index contributed by atoms with van der Waals surface area (Å²) in [5.41, 5.74) is 1.35. The van der Waals surface area contributed by atoms with Crippen LogP contribution < -0.4 is 10.6 Å². The molecular formula is C22H26ClN5O2S. The van der Waals surface area contributed by atoms with Gasteiger partial charge in [0.05, 0.1) is 0 Å². The van der Waals surface area contributed by atoms with E-state index < -0.39 is 0 Å². The van der Waals surface area contributed by atoms with Gasteiger partial charge in [0, 0.05) is 45.6 Å². The smallest absolute Gasteiger partial charge is 0.280 e. The maximum Gasteiger partial charge on any atom is 0.280 e. The van der Waals surface area contributed by atoms with Crippen molar-refractivity contribution in [3.8, 4) is 0 Å². The Balaban J connectivity index is 1.42. The van der Waals surface area contributed by atoms with Gasteiger partial charge in [-0.15, -0.1) is 11.3 Å². The SMILES string of the molecule is CN(C)Cc1cnc(C(=O)N[C@H]2CCCC[C@H]2NC(=O)c2cc3cc(Cl)ccc3[nH]2)s1. The van der Waals surface area contributed by atoms with Gasteiger partial charge in [0.1, 0.15) is 5.69 Å². The number of benzene rings is 1. The Hall–Kier alpha value is -2.42. The minimum atomic E-state index is -0.180. The highest BCUT2D eigenvalue weighted by Gasteiger charge is 2.29. The lowest BCUT2D eigenvalue weighted by Gasteiger charge is -2.32. The number of hydrogen-bond acceptors (Lipinski definition) is 5. The molecule has 9 heteroatoms. The molecule has 2 heterocycles. The number of amides is 2. The molecule has 7 nitrogen and oxygen atoms in total. The van der Waals surface area contributed by atoms with Crippen LogP contribution >= 0.6 is 22.9 Å². The van der Waals surface area contributed by atoms with Crippen LogP contribution in [0.4, 0.5) is 0 Å². The third kappa shape index (κ3) is 5.26. The number of H-pyrrole nitrogens is 1. The molecule has 2 aromatic heterocycles. The van der Waals surface area contributed by atoms with Crippen LogP contribution in [0.15, 0.2) is 30.5 Å². The number of fused-ring (bicyclic) bond motifs is 1. The van der Waals surface area contributed by atoms with E-state index in [1.807, 2.05) is 31.1 Å². The first kappa shape index (κ1) is 21.8. The Labute approximate surface area is 190 Å². The van der Waals surface area contributed by atoms with E-state index in [1.54, 1.807) is 18.3 Å². The zero-order valence-electron chi connectivity index (χ0n) is 17.6. The lowest BCUT2D eigenvalue weighted by atomic mass is 9.90. The Bertz CT molecular complexity index is 1090. The first-order valence-electron chi connectivity index (χ1n) is 10.4. The Morgan fingerprint density at radius 3 is 2.58 bits per heavy atom. The molecule has 2 amide bonds. The van der Waals surface area contributed by atoms with E-state index >= 15 is 0 Å². The van der Waals surface area contributed by atoms with Crippen molar-refractivity contribution in [2.24, 2.45) is 0 Å². The highest BCUT2D eigenvalue weighted by Crippen LogP contribution is 2.23. The van der Waals surface area contributed by atoms with Gasteiger partial charge in [0.25, 0.3) is 11.8 Å². The molecule has 0 bridgehead atoms. The van der Waals surface area contributed by atoms with Crippen LogP contribution in [0.3, 0.4) is 0 Å². The lowest BCUT2D eigenvalue weighted by molar-refractivity contribution is 0.0860. The number of carbonyl (C=O) groups excluding carboxylic acids is 2. The van der Waals surface area contributed by atoms with Crippen LogP contribution in [0.5, 0.6) is 0 Å². The molecule has 1 saturated carbocycles. The van der Waals surface area contributed by atoms with Gasteiger partial charge < -0.3 is 20.5 Å². The number of halogens is 1. The van der Waals surface area contributed by atoms with E-state index in [0.717, 1.165) is 48.0 Å². The standard InChI is InChI=1S/C22H26ClN5O2S/c1-28(2)12-15-11-24-22(31-15)21(30)27-18-6-4-3-5-17(18)26-20(29)19-10-13-9-14(23)7-8-16(13)25-19/h7-11,17-18,25H,3-6,12H2,1-2H3,(H,26,29)(H,27,30)/t17-,18+/m1/s1. The molecule has 0 radical (unpaired) electrons. The second-order valence-electron chi connectivity index (χ2n) is 8.23. The summed E-state index contributed by atoms with van der Waals surface area (Å²) in [7, 11) is 3.97. The monoisotopic (exact) mass is 459 g/mol. The quantitative estimate of drug-likeness (QED) is 0.522. The van der Waals surface area contributed by atoms with Gasteiger partial charge in [-0.3, -0.25) is 9.59 Å². The van der Waals surface area contributed by atoms with E-state index in [4.69, 9.17) is 11.6 Å². The molecule has 1 aromatic carbocycles. The summed E-state index contributed by atoms with van der Waals surface area (Å²) in [6.45, 7) is 0.753. The number of hydrogen-bond donors (Lipinski definition) is 3. The van der Waals surface area contributed by atoms with Crippen LogP contribution in [-0.2, 0) is 6.54 Å². The maximum absolute atomic E-state index is 12.9. The maximum atomic E-state index is 12.9. The molecule has 0 spiro atoms. The van der Waals surface area contributed by atoms with Crippen molar-refractivity contribution in [3.63, 3.8) is 0 Å². The molecule has 1 aliphatic carbocycles. The van der Waals surface area contributed by atoms with Crippen molar-refractivity contribution in [2.45, 2.75) is 44.3 Å². The third-order valence-electron chi connectivity index (χ3n) is 5.45. The minimum absolute atomic E-state index is 0.120. The van der Waals surface area contributed by atoms with E-state index in [2.05, 4.69) is 20.6 Å². The number of nitrogens with one attached hydrogen (secondary N) is 3. The number of thiazole rings is 1. The first-order valence-corrected chi connectivity index (χ1v) is 11.6. The van der Waals surface area contributed by atoms with Crippen molar-refractivity contribution >= 4 is 45.7 Å². The average molecular weight is 460 g/mol. The van der Waals surface area contributed by atoms with Crippen molar-refractivity contribution in [2.75, 3.05) is 14.1 Å². The first-order chi connectivity index (χ1) is 14.9. The Kier molecular flexibility index (Phi) is 6.60. The van der Waals surface area contributed by atoms with E-state index in [1.165, 1.54) is 11.3 Å². The fourth-order valence-corrected chi connectivity index (χ4v) is 5.09. The molecule has 0 saturated heterocycles. The topological polar surface area (TPSA) is 90.1 Å². The summed E-state index contributed by atoms with van der Waals surface area (Å²) in [4.78, 5) is 36.1. The van der Waals surface area contributed by atoms with Gasteiger partial charge in [-0.05, 0) is 51.2 Å². The summed E-state index contributed by atoms with van der Waals surface area (Å²) in [5.74, 6) is -0.359. The lowest BCUT2D eigenvalue weighted by Crippen LogP contribution is -2.53. The molecule has 164 valence electrons. The fraction of sp³-hybridized carbons (Fsp3) is 0.409. The zero-order chi connectivity index (χ0) is 22.0. The third-order valence-corrected chi connectivity index (χ3v) is 6.66. The molecular weight excluding hydrogens is 434 g/mol. The molecule has 0 aliphatic heterocycles.